The maximum Gasteiger partial charge on any atom is 0.191 e. The van der Waals surface area contributed by atoms with Gasteiger partial charge in [0.2, 0.25) is 0 Å². The van der Waals surface area contributed by atoms with Crippen molar-refractivity contribution in [1.29, 1.82) is 0 Å². The summed E-state index contributed by atoms with van der Waals surface area (Å²) in [5.74, 6) is 0.951. The maximum absolute atomic E-state index is 5.87. The van der Waals surface area contributed by atoms with Crippen molar-refractivity contribution < 1.29 is 9.47 Å². The van der Waals surface area contributed by atoms with Crippen LogP contribution < -0.4 is 10.6 Å². The van der Waals surface area contributed by atoms with Crippen LogP contribution in [0.15, 0.2) is 4.99 Å². The smallest absolute Gasteiger partial charge is 0.191 e. The van der Waals surface area contributed by atoms with E-state index in [0.717, 1.165) is 58.3 Å². The molecule has 3 heterocycles. The molecule has 7 heteroatoms. The molecule has 3 aliphatic heterocycles. The zero-order chi connectivity index (χ0) is 20.4. The standard InChI is InChI=1S/C22H43N5O2/c1-3-23-21(24-11-7-16-29-20-8-17-28-18-20)25-19-22(9-14-26(2)15-10-22)27-12-5-4-6-13-27/h20H,3-19H2,1-2H3,(H2,23,24,25). The van der Waals surface area contributed by atoms with Crippen molar-refractivity contribution in [3.05, 3.63) is 0 Å². The van der Waals surface area contributed by atoms with E-state index >= 15 is 0 Å². The van der Waals surface area contributed by atoms with Gasteiger partial charge in [-0.2, -0.15) is 0 Å². The highest BCUT2D eigenvalue weighted by Crippen LogP contribution is 2.31. The van der Waals surface area contributed by atoms with Crippen molar-refractivity contribution in [1.82, 2.24) is 20.4 Å². The minimum Gasteiger partial charge on any atom is -0.379 e. The third-order valence-corrected chi connectivity index (χ3v) is 6.68. The van der Waals surface area contributed by atoms with Crippen LogP contribution in [-0.4, -0.2) is 100 Å². The van der Waals surface area contributed by atoms with Gasteiger partial charge in [0, 0.05) is 31.8 Å². The second-order valence-electron chi connectivity index (χ2n) is 8.91. The zero-order valence-electron chi connectivity index (χ0n) is 18.8. The fraction of sp³-hybridized carbons (Fsp3) is 0.955. The Kier molecular flexibility index (Phi) is 9.49. The number of aliphatic imine (C=N–C) groups is 1. The summed E-state index contributed by atoms with van der Waals surface area (Å²) in [6.45, 7) is 12.0. The van der Waals surface area contributed by atoms with Crippen molar-refractivity contribution in [3.63, 3.8) is 0 Å². The number of guanidine groups is 1. The Bertz CT molecular complexity index is 482. The van der Waals surface area contributed by atoms with Crippen LogP contribution in [0.25, 0.3) is 0 Å². The van der Waals surface area contributed by atoms with E-state index in [1.54, 1.807) is 0 Å². The highest BCUT2D eigenvalue weighted by molar-refractivity contribution is 5.79. The van der Waals surface area contributed by atoms with Crippen molar-refractivity contribution in [2.24, 2.45) is 4.99 Å². The van der Waals surface area contributed by atoms with Gasteiger partial charge in [-0.15, -0.1) is 0 Å². The van der Waals surface area contributed by atoms with Gasteiger partial charge in [0.15, 0.2) is 5.96 Å². The van der Waals surface area contributed by atoms with E-state index in [4.69, 9.17) is 14.5 Å². The van der Waals surface area contributed by atoms with E-state index in [2.05, 4.69) is 34.4 Å². The first kappa shape index (κ1) is 22.8. The summed E-state index contributed by atoms with van der Waals surface area (Å²) in [5.41, 5.74) is 0.237. The van der Waals surface area contributed by atoms with Gasteiger partial charge in [-0.1, -0.05) is 6.42 Å². The second-order valence-corrected chi connectivity index (χ2v) is 8.91. The molecule has 0 amide bonds. The normalized spacial score (nSPS) is 26.6. The summed E-state index contributed by atoms with van der Waals surface area (Å²) in [5, 5.41) is 6.95. The first-order valence-electron chi connectivity index (χ1n) is 11.9. The van der Waals surface area contributed by atoms with Crippen LogP contribution in [0.1, 0.15) is 51.9 Å². The number of rotatable bonds is 9. The van der Waals surface area contributed by atoms with Gasteiger partial charge >= 0.3 is 0 Å². The van der Waals surface area contributed by atoms with Gasteiger partial charge in [-0.05, 0) is 78.7 Å². The molecule has 29 heavy (non-hydrogen) atoms. The number of nitrogens with one attached hydrogen (secondary N) is 2. The van der Waals surface area contributed by atoms with Crippen LogP contribution in [0.2, 0.25) is 0 Å². The predicted octanol–water partition coefficient (Wildman–Crippen LogP) is 1.69. The third kappa shape index (κ3) is 7.09. The van der Waals surface area contributed by atoms with Gasteiger partial charge < -0.3 is 25.0 Å². The number of piperidine rings is 2. The highest BCUT2D eigenvalue weighted by atomic mass is 16.5. The Balaban J connectivity index is 1.49. The number of nitrogens with zero attached hydrogens (tertiary/aromatic N) is 3. The van der Waals surface area contributed by atoms with Gasteiger partial charge in [-0.25, -0.2) is 0 Å². The SMILES string of the molecule is CCNC(=NCC1(N2CCCCC2)CCN(C)CC1)NCCCOC1CCOC1. The molecule has 0 radical (unpaired) electrons. The Morgan fingerprint density at radius 1 is 1.14 bits per heavy atom. The lowest BCUT2D eigenvalue weighted by atomic mass is 9.84. The molecule has 0 aromatic heterocycles. The van der Waals surface area contributed by atoms with Crippen molar-refractivity contribution >= 4 is 5.96 Å². The van der Waals surface area contributed by atoms with Gasteiger partial charge in [0.05, 0.1) is 19.3 Å². The van der Waals surface area contributed by atoms with Gasteiger partial charge in [0.1, 0.15) is 0 Å². The highest BCUT2D eigenvalue weighted by Gasteiger charge is 2.39. The fourth-order valence-corrected chi connectivity index (χ4v) is 4.72. The molecular formula is C22H43N5O2. The van der Waals surface area contributed by atoms with E-state index < -0.39 is 0 Å². The summed E-state index contributed by atoms with van der Waals surface area (Å²) in [7, 11) is 2.24. The van der Waals surface area contributed by atoms with E-state index in [1.807, 2.05) is 0 Å². The fourth-order valence-electron chi connectivity index (χ4n) is 4.72. The molecule has 1 atom stereocenters. The van der Waals surface area contributed by atoms with E-state index in [0.29, 0.717) is 6.10 Å². The Labute approximate surface area is 177 Å². The molecule has 7 nitrogen and oxygen atoms in total. The molecule has 3 saturated heterocycles. The third-order valence-electron chi connectivity index (χ3n) is 6.68. The summed E-state index contributed by atoms with van der Waals surface area (Å²) < 4.78 is 11.2. The lowest BCUT2D eigenvalue weighted by Crippen LogP contribution is -2.58. The molecule has 0 spiro atoms. The Hall–Kier alpha value is -0.890. The molecule has 3 fully saturated rings. The topological polar surface area (TPSA) is 61.4 Å². The molecule has 0 saturated carbocycles. The van der Waals surface area contributed by atoms with E-state index in [-0.39, 0.29) is 5.54 Å². The van der Waals surface area contributed by atoms with Crippen molar-refractivity contribution in [2.45, 2.75) is 63.5 Å². The molecule has 3 rings (SSSR count). The lowest BCUT2D eigenvalue weighted by molar-refractivity contribution is 0.0208. The first-order valence-corrected chi connectivity index (χ1v) is 11.9. The van der Waals surface area contributed by atoms with Crippen LogP contribution in [0, 0.1) is 0 Å². The summed E-state index contributed by atoms with van der Waals surface area (Å²) >= 11 is 0. The minimum absolute atomic E-state index is 0.237. The summed E-state index contributed by atoms with van der Waals surface area (Å²) in [6, 6.07) is 0. The Morgan fingerprint density at radius 2 is 1.93 bits per heavy atom. The van der Waals surface area contributed by atoms with E-state index in [9.17, 15) is 0 Å². The van der Waals surface area contributed by atoms with E-state index in [1.165, 1.54) is 58.3 Å². The van der Waals surface area contributed by atoms with Crippen LogP contribution in [-0.2, 0) is 9.47 Å². The van der Waals surface area contributed by atoms with Crippen molar-refractivity contribution in [3.8, 4) is 0 Å². The molecular weight excluding hydrogens is 366 g/mol. The maximum atomic E-state index is 5.87. The average molecular weight is 410 g/mol. The van der Waals surface area contributed by atoms with Crippen LogP contribution >= 0.6 is 0 Å². The number of hydrogen-bond donors (Lipinski definition) is 2. The quantitative estimate of drug-likeness (QED) is 0.343. The number of likely N-dealkylation sites (tertiary alicyclic amines) is 2. The number of hydrogen-bond acceptors (Lipinski definition) is 5. The first-order chi connectivity index (χ1) is 14.2. The predicted molar refractivity (Wildman–Crippen MR) is 119 cm³/mol. The second kappa shape index (κ2) is 12.1. The zero-order valence-corrected chi connectivity index (χ0v) is 18.8. The molecule has 0 aliphatic carbocycles. The summed E-state index contributed by atoms with van der Waals surface area (Å²) in [4.78, 5) is 10.3. The largest absolute Gasteiger partial charge is 0.379 e. The average Bonchev–Trinajstić information content (AvgIpc) is 3.27. The van der Waals surface area contributed by atoms with Crippen LogP contribution in [0.5, 0.6) is 0 Å². The Morgan fingerprint density at radius 3 is 2.62 bits per heavy atom. The van der Waals surface area contributed by atoms with Gasteiger partial charge in [0.25, 0.3) is 0 Å². The van der Waals surface area contributed by atoms with Gasteiger partial charge in [-0.3, -0.25) is 9.89 Å². The monoisotopic (exact) mass is 409 g/mol. The number of ether oxygens (including phenoxy) is 2. The molecule has 0 bridgehead atoms. The molecule has 1 unspecified atom stereocenters. The van der Waals surface area contributed by atoms with Crippen LogP contribution in [0.4, 0.5) is 0 Å². The lowest BCUT2D eigenvalue weighted by Gasteiger charge is -2.49. The van der Waals surface area contributed by atoms with Crippen LogP contribution in [0.3, 0.4) is 0 Å². The minimum atomic E-state index is 0.237. The molecule has 2 N–H and O–H groups in total. The molecule has 3 aliphatic rings. The molecule has 168 valence electrons. The molecule has 0 aromatic rings. The summed E-state index contributed by atoms with van der Waals surface area (Å²) in [6.07, 6.45) is 8.83. The molecule has 0 aromatic carbocycles. The van der Waals surface area contributed by atoms with Crippen molar-refractivity contribution in [2.75, 3.05) is 72.7 Å².